The molecule has 13 rings (SSSR count). The highest BCUT2D eigenvalue weighted by atomic mass is 15.0. The highest BCUT2D eigenvalue weighted by Crippen LogP contribution is 2.70. The lowest BCUT2D eigenvalue weighted by atomic mass is 9.43. The van der Waals surface area contributed by atoms with Crippen LogP contribution in [0.25, 0.3) is 78.3 Å². The fraction of sp³-hybridized carbons (Fsp3) is 0.189. The average Bonchev–Trinajstić information content (AvgIpc) is 3.56. The minimum absolute atomic E-state index is 0.0220. The topological polar surface area (TPSA) is 38.7 Å². The summed E-state index contributed by atoms with van der Waals surface area (Å²) in [6.07, 6.45) is 6.82. The Kier molecular flexibility index (Phi) is 7.11. The molecular weight excluding hydrogens is 679 g/mol. The highest BCUT2D eigenvalue weighted by Gasteiger charge is 2.62. The number of aromatic nitrogens is 3. The molecule has 3 heteroatoms. The van der Waals surface area contributed by atoms with Crippen molar-refractivity contribution in [2.75, 3.05) is 0 Å². The lowest BCUT2D eigenvalue weighted by Crippen LogP contribution is -2.55. The van der Waals surface area contributed by atoms with E-state index in [0.29, 0.717) is 23.5 Å². The van der Waals surface area contributed by atoms with Gasteiger partial charge >= 0.3 is 0 Å². The first-order valence-corrected chi connectivity index (χ1v) is 20.4. The van der Waals surface area contributed by atoms with Crippen molar-refractivity contribution in [2.45, 2.75) is 37.5 Å². The van der Waals surface area contributed by atoms with Crippen LogP contribution >= 0.6 is 0 Å². The number of hydrogen-bond donors (Lipinski definition) is 0. The normalized spacial score (nSPS) is 22.7. The maximum Gasteiger partial charge on any atom is 0.164 e. The Labute approximate surface area is 328 Å². The molecular formula is C53H41N3. The quantitative estimate of drug-likeness (QED) is 0.178. The smallest absolute Gasteiger partial charge is 0.164 e. The van der Waals surface area contributed by atoms with E-state index in [4.69, 9.17) is 15.0 Å². The number of benzene rings is 7. The van der Waals surface area contributed by atoms with Gasteiger partial charge in [0, 0.05) is 22.1 Å². The van der Waals surface area contributed by atoms with Crippen molar-refractivity contribution in [3.05, 3.63) is 175 Å². The van der Waals surface area contributed by atoms with E-state index in [1.807, 2.05) is 0 Å². The Balaban J connectivity index is 1.03. The average molecular weight is 720 g/mol. The van der Waals surface area contributed by atoms with Gasteiger partial charge in [-0.05, 0) is 117 Å². The molecule has 0 amide bonds. The van der Waals surface area contributed by atoms with Crippen LogP contribution in [-0.4, -0.2) is 15.0 Å². The molecule has 0 saturated heterocycles. The molecule has 1 aromatic heterocycles. The Morgan fingerprint density at radius 2 is 0.821 bits per heavy atom. The van der Waals surface area contributed by atoms with Gasteiger partial charge in [-0.1, -0.05) is 158 Å². The van der Waals surface area contributed by atoms with Crippen molar-refractivity contribution in [1.29, 1.82) is 0 Å². The molecule has 3 nitrogen and oxygen atoms in total. The maximum atomic E-state index is 5.29. The molecule has 0 radical (unpaired) electrons. The molecule has 268 valence electrons. The molecule has 8 aromatic rings. The zero-order chi connectivity index (χ0) is 36.8. The zero-order valence-electron chi connectivity index (χ0n) is 31.3. The molecule has 5 aliphatic rings. The summed E-state index contributed by atoms with van der Waals surface area (Å²) in [4.78, 5) is 15.8. The first-order valence-electron chi connectivity index (χ1n) is 20.4. The van der Waals surface area contributed by atoms with Crippen LogP contribution in [-0.2, 0) is 5.41 Å². The summed E-state index contributed by atoms with van der Waals surface area (Å²) < 4.78 is 0. The summed E-state index contributed by atoms with van der Waals surface area (Å²) in [5.41, 5.74) is 13.7. The molecule has 0 N–H and O–H groups in total. The van der Waals surface area contributed by atoms with Crippen LogP contribution in [0, 0.1) is 23.7 Å². The minimum atomic E-state index is 0.0220. The first-order chi connectivity index (χ1) is 27.7. The number of fused-ring (bicyclic) bond motifs is 5. The van der Waals surface area contributed by atoms with Crippen molar-refractivity contribution in [3.63, 3.8) is 0 Å². The van der Waals surface area contributed by atoms with Crippen LogP contribution in [0.4, 0.5) is 0 Å². The summed E-state index contributed by atoms with van der Waals surface area (Å²) >= 11 is 0. The van der Waals surface area contributed by atoms with Gasteiger partial charge in [-0.3, -0.25) is 0 Å². The summed E-state index contributed by atoms with van der Waals surface area (Å²) in [6, 6.07) is 59.4. The summed E-state index contributed by atoms with van der Waals surface area (Å²) in [5.74, 6) is 5.19. The Bertz CT molecular complexity index is 2660. The van der Waals surface area contributed by atoms with E-state index in [-0.39, 0.29) is 5.41 Å². The van der Waals surface area contributed by atoms with Gasteiger partial charge in [-0.25, -0.2) is 15.0 Å². The molecule has 56 heavy (non-hydrogen) atoms. The number of rotatable bonds is 5. The predicted octanol–water partition coefficient (Wildman–Crippen LogP) is 13.1. The monoisotopic (exact) mass is 719 g/mol. The van der Waals surface area contributed by atoms with Gasteiger partial charge in [0.2, 0.25) is 0 Å². The summed E-state index contributed by atoms with van der Waals surface area (Å²) in [5, 5.41) is 2.80. The molecule has 0 atom stereocenters. The lowest BCUT2D eigenvalue weighted by Gasteiger charge is -2.61. The van der Waals surface area contributed by atoms with Crippen LogP contribution in [0.3, 0.4) is 0 Å². The van der Waals surface area contributed by atoms with E-state index >= 15 is 0 Å². The largest absolute Gasteiger partial charge is 0.208 e. The molecule has 4 bridgehead atoms. The van der Waals surface area contributed by atoms with Crippen LogP contribution in [0.1, 0.15) is 43.2 Å². The Hall–Kier alpha value is -6.19. The first kappa shape index (κ1) is 32.1. The van der Waals surface area contributed by atoms with Crippen molar-refractivity contribution in [2.24, 2.45) is 23.7 Å². The zero-order valence-corrected chi connectivity index (χ0v) is 31.3. The van der Waals surface area contributed by atoms with E-state index in [2.05, 4.69) is 164 Å². The SMILES string of the molecule is c1ccc(-c2ccc(-c3nc(-c4ccc(-c5ccccc5)cc4)nc(-c4ccc5c(c4)C4(c6c-5ccc5ccccc65)C5CC6CC(C5)CC4C6)n3)cc2)cc1. The minimum Gasteiger partial charge on any atom is -0.208 e. The fourth-order valence-corrected chi connectivity index (χ4v) is 11.8. The van der Waals surface area contributed by atoms with Gasteiger partial charge in [-0.15, -0.1) is 0 Å². The summed E-state index contributed by atoms with van der Waals surface area (Å²) in [6.45, 7) is 0. The van der Waals surface area contributed by atoms with E-state index in [0.717, 1.165) is 34.4 Å². The van der Waals surface area contributed by atoms with Crippen LogP contribution in [0.5, 0.6) is 0 Å². The van der Waals surface area contributed by atoms with E-state index < -0.39 is 0 Å². The fourth-order valence-electron chi connectivity index (χ4n) is 11.8. The molecule has 4 fully saturated rings. The van der Waals surface area contributed by atoms with Gasteiger partial charge in [-0.2, -0.15) is 0 Å². The van der Waals surface area contributed by atoms with Crippen molar-refractivity contribution in [1.82, 2.24) is 15.0 Å². The van der Waals surface area contributed by atoms with Gasteiger partial charge in [0.25, 0.3) is 0 Å². The predicted molar refractivity (Wildman–Crippen MR) is 228 cm³/mol. The number of nitrogens with zero attached hydrogens (tertiary/aromatic N) is 3. The van der Waals surface area contributed by atoms with Crippen LogP contribution in [0.15, 0.2) is 164 Å². The van der Waals surface area contributed by atoms with E-state index in [1.54, 1.807) is 5.56 Å². The molecule has 7 aromatic carbocycles. The van der Waals surface area contributed by atoms with Gasteiger partial charge in [0.1, 0.15) is 0 Å². The summed E-state index contributed by atoms with van der Waals surface area (Å²) in [7, 11) is 0. The highest BCUT2D eigenvalue weighted by molar-refractivity contribution is 5.98. The Morgan fingerprint density at radius 1 is 0.375 bits per heavy atom. The van der Waals surface area contributed by atoms with Gasteiger partial charge in [0.05, 0.1) is 0 Å². The van der Waals surface area contributed by atoms with Crippen molar-refractivity contribution < 1.29 is 0 Å². The molecule has 1 spiro atoms. The third-order valence-electron chi connectivity index (χ3n) is 13.9. The third kappa shape index (κ3) is 4.86. The third-order valence-corrected chi connectivity index (χ3v) is 13.9. The molecule has 5 aliphatic carbocycles. The van der Waals surface area contributed by atoms with Gasteiger partial charge < -0.3 is 0 Å². The lowest BCUT2D eigenvalue weighted by molar-refractivity contribution is -0.0393. The second-order valence-corrected chi connectivity index (χ2v) is 16.8. The Morgan fingerprint density at radius 3 is 1.39 bits per heavy atom. The maximum absolute atomic E-state index is 5.29. The standard InChI is InChI=1S/C53H41N3/c1-3-9-35(10-4-1)37-15-19-40(20-16-37)50-54-51(41-21-17-38(18-22-41)36-11-5-2-6-12-36)56-52(55-50)42-24-25-46-47-26-23-39-13-7-8-14-45(39)49(47)53(48(46)32-42)43-28-33-27-34(30-43)31-44(53)29-33/h1-26,32-34,43-44H,27-31H2. The van der Waals surface area contributed by atoms with Crippen LogP contribution in [0.2, 0.25) is 0 Å². The molecule has 0 unspecified atom stereocenters. The van der Waals surface area contributed by atoms with Gasteiger partial charge in [0.15, 0.2) is 17.5 Å². The number of hydrogen-bond acceptors (Lipinski definition) is 3. The molecule has 1 heterocycles. The molecule has 4 saturated carbocycles. The second-order valence-electron chi connectivity index (χ2n) is 16.8. The van der Waals surface area contributed by atoms with Crippen molar-refractivity contribution >= 4 is 10.8 Å². The van der Waals surface area contributed by atoms with Crippen molar-refractivity contribution in [3.8, 4) is 67.5 Å². The second kappa shape index (κ2) is 12.4. The van der Waals surface area contributed by atoms with E-state index in [1.165, 1.54) is 81.8 Å². The van der Waals surface area contributed by atoms with Crippen LogP contribution < -0.4 is 0 Å². The van der Waals surface area contributed by atoms with E-state index in [9.17, 15) is 0 Å². The molecule has 0 aliphatic heterocycles.